The standard InChI is InChI=1S/C14H18N2O/c1-14(2,3)10-9-12-15-16-13(17-12)11-7-5-4-6-8-11/h4-8H,9-10H2,1-3H3. The number of aryl methyl sites for hydroxylation is 1. The Bertz CT molecular complexity index is 468. The Labute approximate surface area is 102 Å². The molecule has 2 aromatic rings. The van der Waals surface area contributed by atoms with Gasteiger partial charge in [0.05, 0.1) is 0 Å². The molecule has 90 valence electrons. The van der Waals surface area contributed by atoms with Crippen molar-refractivity contribution in [3.05, 3.63) is 36.2 Å². The molecule has 0 saturated heterocycles. The minimum Gasteiger partial charge on any atom is -0.421 e. The predicted octanol–water partition coefficient (Wildman–Crippen LogP) is 3.72. The van der Waals surface area contributed by atoms with E-state index in [1.54, 1.807) is 0 Å². The summed E-state index contributed by atoms with van der Waals surface area (Å²) in [5.41, 5.74) is 1.27. The quantitative estimate of drug-likeness (QED) is 0.806. The molecule has 0 unspecified atom stereocenters. The zero-order valence-electron chi connectivity index (χ0n) is 10.6. The summed E-state index contributed by atoms with van der Waals surface area (Å²) >= 11 is 0. The molecule has 0 amide bonds. The van der Waals surface area contributed by atoms with Gasteiger partial charge in [-0.1, -0.05) is 39.0 Å². The third kappa shape index (κ3) is 3.41. The van der Waals surface area contributed by atoms with Crippen LogP contribution in [-0.2, 0) is 6.42 Å². The normalized spacial score (nSPS) is 11.7. The van der Waals surface area contributed by atoms with Crippen molar-refractivity contribution >= 4 is 0 Å². The van der Waals surface area contributed by atoms with Crippen molar-refractivity contribution in [2.45, 2.75) is 33.6 Å². The largest absolute Gasteiger partial charge is 0.421 e. The van der Waals surface area contributed by atoms with Gasteiger partial charge >= 0.3 is 0 Å². The van der Waals surface area contributed by atoms with Gasteiger partial charge in [-0.15, -0.1) is 10.2 Å². The highest BCUT2D eigenvalue weighted by molar-refractivity contribution is 5.51. The molecular formula is C14H18N2O. The smallest absolute Gasteiger partial charge is 0.247 e. The summed E-state index contributed by atoms with van der Waals surface area (Å²) in [6.07, 6.45) is 1.88. The summed E-state index contributed by atoms with van der Waals surface area (Å²) in [5.74, 6) is 1.33. The molecule has 0 fully saturated rings. The van der Waals surface area contributed by atoms with Crippen LogP contribution in [0.5, 0.6) is 0 Å². The minimum absolute atomic E-state index is 0.293. The van der Waals surface area contributed by atoms with Gasteiger partial charge in [-0.3, -0.25) is 0 Å². The molecule has 3 heteroatoms. The van der Waals surface area contributed by atoms with Crippen molar-refractivity contribution in [3.8, 4) is 11.5 Å². The highest BCUT2D eigenvalue weighted by Crippen LogP contribution is 2.22. The highest BCUT2D eigenvalue weighted by atomic mass is 16.4. The van der Waals surface area contributed by atoms with Crippen molar-refractivity contribution in [2.24, 2.45) is 5.41 Å². The number of benzene rings is 1. The fourth-order valence-electron chi connectivity index (χ4n) is 1.53. The maximum atomic E-state index is 5.64. The van der Waals surface area contributed by atoms with E-state index in [1.165, 1.54) is 0 Å². The molecule has 0 aliphatic rings. The fourth-order valence-corrected chi connectivity index (χ4v) is 1.53. The van der Waals surface area contributed by atoms with E-state index in [2.05, 4.69) is 31.0 Å². The summed E-state index contributed by atoms with van der Waals surface area (Å²) in [7, 11) is 0. The maximum Gasteiger partial charge on any atom is 0.247 e. The zero-order valence-corrected chi connectivity index (χ0v) is 10.6. The molecular weight excluding hydrogens is 212 g/mol. The lowest BCUT2D eigenvalue weighted by Gasteiger charge is -2.15. The Balaban J connectivity index is 2.07. The fraction of sp³-hybridized carbons (Fsp3) is 0.429. The molecule has 1 heterocycles. The molecule has 0 aliphatic carbocycles. The number of hydrogen-bond donors (Lipinski definition) is 0. The summed E-state index contributed by atoms with van der Waals surface area (Å²) in [5, 5.41) is 8.15. The van der Waals surface area contributed by atoms with Crippen LogP contribution in [0.15, 0.2) is 34.7 Å². The Hall–Kier alpha value is -1.64. The molecule has 17 heavy (non-hydrogen) atoms. The Morgan fingerprint density at radius 2 is 1.76 bits per heavy atom. The van der Waals surface area contributed by atoms with Crippen molar-refractivity contribution in [3.63, 3.8) is 0 Å². The number of rotatable bonds is 3. The van der Waals surface area contributed by atoms with Crippen LogP contribution in [-0.4, -0.2) is 10.2 Å². The second-order valence-corrected chi connectivity index (χ2v) is 5.43. The van der Waals surface area contributed by atoms with E-state index in [1.807, 2.05) is 30.3 Å². The van der Waals surface area contributed by atoms with E-state index >= 15 is 0 Å². The first kappa shape index (κ1) is 11.8. The van der Waals surface area contributed by atoms with Gasteiger partial charge in [0.15, 0.2) is 0 Å². The zero-order chi connectivity index (χ0) is 12.3. The van der Waals surface area contributed by atoms with Gasteiger partial charge in [-0.05, 0) is 24.0 Å². The van der Waals surface area contributed by atoms with Crippen LogP contribution in [0.25, 0.3) is 11.5 Å². The highest BCUT2D eigenvalue weighted by Gasteiger charge is 2.13. The van der Waals surface area contributed by atoms with Crippen molar-refractivity contribution in [2.75, 3.05) is 0 Å². The van der Waals surface area contributed by atoms with Crippen molar-refractivity contribution in [1.29, 1.82) is 0 Å². The monoisotopic (exact) mass is 230 g/mol. The van der Waals surface area contributed by atoms with Crippen LogP contribution in [0.3, 0.4) is 0 Å². The van der Waals surface area contributed by atoms with Crippen LogP contribution in [0.4, 0.5) is 0 Å². The van der Waals surface area contributed by atoms with Gasteiger partial charge in [0.1, 0.15) is 0 Å². The second kappa shape index (κ2) is 4.70. The van der Waals surface area contributed by atoms with E-state index in [9.17, 15) is 0 Å². The van der Waals surface area contributed by atoms with Crippen LogP contribution >= 0.6 is 0 Å². The Morgan fingerprint density at radius 1 is 1.06 bits per heavy atom. The van der Waals surface area contributed by atoms with E-state index in [4.69, 9.17) is 4.42 Å². The topological polar surface area (TPSA) is 38.9 Å². The number of hydrogen-bond acceptors (Lipinski definition) is 3. The maximum absolute atomic E-state index is 5.64. The van der Waals surface area contributed by atoms with E-state index in [0.29, 0.717) is 11.3 Å². The molecule has 0 N–H and O–H groups in total. The second-order valence-electron chi connectivity index (χ2n) is 5.43. The average molecular weight is 230 g/mol. The van der Waals surface area contributed by atoms with Gasteiger partial charge in [0, 0.05) is 12.0 Å². The van der Waals surface area contributed by atoms with E-state index in [-0.39, 0.29) is 0 Å². The molecule has 0 atom stereocenters. The summed E-state index contributed by atoms with van der Waals surface area (Å²) < 4.78 is 5.64. The Morgan fingerprint density at radius 3 is 2.41 bits per heavy atom. The molecule has 2 rings (SSSR count). The first-order valence-electron chi connectivity index (χ1n) is 5.92. The Kier molecular flexibility index (Phi) is 3.27. The van der Waals surface area contributed by atoms with Crippen LogP contribution in [0, 0.1) is 5.41 Å². The van der Waals surface area contributed by atoms with Gasteiger partial charge in [0.25, 0.3) is 0 Å². The third-order valence-electron chi connectivity index (χ3n) is 2.58. The van der Waals surface area contributed by atoms with Crippen LogP contribution < -0.4 is 0 Å². The molecule has 0 aliphatic heterocycles. The first-order chi connectivity index (χ1) is 8.04. The van der Waals surface area contributed by atoms with Crippen molar-refractivity contribution < 1.29 is 4.42 Å². The molecule has 0 bridgehead atoms. The van der Waals surface area contributed by atoms with E-state index in [0.717, 1.165) is 24.3 Å². The SMILES string of the molecule is CC(C)(C)CCc1nnc(-c2ccccc2)o1. The lowest BCUT2D eigenvalue weighted by Crippen LogP contribution is -2.06. The van der Waals surface area contributed by atoms with E-state index < -0.39 is 0 Å². The van der Waals surface area contributed by atoms with Gasteiger partial charge < -0.3 is 4.42 Å². The molecule has 1 aromatic heterocycles. The summed E-state index contributed by atoms with van der Waals surface area (Å²) in [4.78, 5) is 0. The van der Waals surface area contributed by atoms with Gasteiger partial charge in [0.2, 0.25) is 11.8 Å². The lowest BCUT2D eigenvalue weighted by atomic mass is 9.91. The lowest BCUT2D eigenvalue weighted by molar-refractivity contribution is 0.356. The molecule has 1 aromatic carbocycles. The number of nitrogens with zero attached hydrogens (tertiary/aromatic N) is 2. The molecule has 0 saturated carbocycles. The third-order valence-corrected chi connectivity index (χ3v) is 2.58. The van der Waals surface area contributed by atoms with Gasteiger partial charge in [-0.2, -0.15) is 0 Å². The summed E-state index contributed by atoms with van der Waals surface area (Å²) in [6.45, 7) is 6.63. The van der Waals surface area contributed by atoms with Crippen LogP contribution in [0.2, 0.25) is 0 Å². The first-order valence-corrected chi connectivity index (χ1v) is 5.92. The van der Waals surface area contributed by atoms with Gasteiger partial charge in [-0.25, -0.2) is 0 Å². The molecule has 0 radical (unpaired) electrons. The summed E-state index contributed by atoms with van der Waals surface area (Å²) in [6, 6.07) is 9.85. The minimum atomic E-state index is 0.293. The van der Waals surface area contributed by atoms with Crippen molar-refractivity contribution in [1.82, 2.24) is 10.2 Å². The predicted molar refractivity (Wildman–Crippen MR) is 67.5 cm³/mol. The van der Waals surface area contributed by atoms with Crippen LogP contribution in [0.1, 0.15) is 33.1 Å². The average Bonchev–Trinajstić information content (AvgIpc) is 2.75. The molecule has 0 spiro atoms. The molecule has 3 nitrogen and oxygen atoms in total. The number of aromatic nitrogens is 2.